The molecule has 0 saturated heterocycles. The second-order valence-electron chi connectivity index (χ2n) is 5.22. The van der Waals surface area contributed by atoms with Gasteiger partial charge in [-0.15, -0.1) is 0 Å². The van der Waals surface area contributed by atoms with Gasteiger partial charge in [0.1, 0.15) is 0 Å². The predicted octanol–water partition coefficient (Wildman–Crippen LogP) is 3.70. The van der Waals surface area contributed by atoms with Crippen LogP contribution >= 0.6 is 0 Å². The number of hydrogen-bond donors (Lipinski definition) is 1. The highest BCUT2D eigenvalue weighted by atomic mass is 14.8. The van der Waals surface area contributed by atoms with Gasteiger partial charge in [-0.25, -0.2) is 0 Å². The van der Waals surface area contributed by atoms with Gasteiger partial charge in [0.2, 0.25) is 0 Å². The summed E-state index contributed by atoms with van der Waals surface area (Å²) in [5.74, 6) is 0. The Balaban J connectivity index is 2.13. The quantitative estimate of drug-likeness (QED) is 0.730. The maximum Gasteiger partial charge on any atom is 0.0375 e. The van der Waals surface area contributed by atoms with Crippen LogP contribution in [0.2, 0.25) is 0 Å². The first-order valence-corrected chi connectivity index (χ1v) is 6.34. The van der Waals surface area contributed by atoms with Crippen LogP contribution < -0.4 is 5.73 Å². The SMILES string of the molecule is CCC1=C(C)CC(C2(N)CCCCC2)=C1. The molecule has 0 heterocycles. The summed E-state index contributed by atoms with van der Waals surface area (Å²) in [6.45, 7) is 4.50. The Kier molecular flexibility index (Phi) is 3.01. The van der Waals surface area contributed by atoms with Gasteiger partial charge >= 0.3 is 0 Å². The number of nitrogens with two attached hydrogens (primary N) is 1. The molecule has 0 amide bonds. The second-order valence-corrected chi connectivity index (χ2v) is 5.22. The molecule has 0 bridgehead atoms. The van der Waals surface area contributed by atoms with Crippen LogP contribution in [0.4, 0.5) is 0 Å². The summed E-state index contributed by atoms with van der Waals surface area (Å²) in [5.41, 5.74) is 11.2. The van der Waals surface area contributed by atoms with E-state index in [1.165, 1.54) is 43.3 Å². The molecule has 2 aliphatic rings. The van der Waals surface area contributed by atoms with Crippen LogP contribution in [0.15, 0.2) is 22.8 Å². The molecule has 0 unspecified atom stereocenters. The summed E-state index contributed by atoms with van der Waals surface area (Å²) in [7, 11) is 0. The molecule has 1 nitrogen and oxygen atoms in total. The molecule has 0 spiro atoms. The summed E-state index contributed by atoms with van der Waals surface area (Å²) < 4.78 is 0. The summed E-state index contributed by atoms with van der Waals surface area (Å²) in [5, 5.41) is 0. The Bertz CT molecular complexity index is 303. The van der Waals surface area contributed by atoms with E-state index < -0.39 is 0 Å². The van der Waals surface area contributed by atoms with E-state index in [9.17, 15) is 0 Å². The van der Waals surface area contributed by atoms with Crippen LogP contribution in [-0.4, -0.2) is 5.54 Å². The van der Waals surface area contributed by atoms with Crippen molar-refractivity contribution >= 4 is 0 Å². The minimum absolute atomic E-state index is 0.0381. The van der Waals surface area contributed by atoms with Gasteiger partial charge in [-0.05, 0) is 43.8 Å². The van der Waals surface area contributed by atoms with Crippen molar-refractivity contribution in [3.8, 4) is 0 Å². The fourth-order valence-electron chi connectivity index (χ4n) is 3.01. The first kappa shape index (κ1) is 10.9. The zero-order valence-electron chi connectivity index (χ0n) is 10.1. The molecule has 0 aliphatic heterocycles. The van der Waals surface area contributed by atoms with Crippen LogP contribution in [0, 0.1) is 0 Å². The maximum atomic E-state index is 6.55. The third-order valence-corrected chi connectivity index (χ3v) is 4.12. The lowest BCUT2D eigenvalue weighted by Gasteiger charge is -2.35. The van der Waals surface area contributed by atoms with Crippen molar-refractivity contribution in [3.63, 3.8) is 0 Å². The molecule has 0 aromatic rings. The molecule has 1 heteroatoms. The summed E-state index contributed by atoms with van der Waals surface area (Å²) in [4.78, 5) is 0. The largest absolute Gasteiger partial charge is 0.322 e. The van der Waals surface area contributed by atoms with Gasteiger partial charge in [0, 0.05) is 5.54 Å². The Labute approximate surface area is 93.4 Å². The van der Waals surface area contributed by atoms with Crippen molar-refractivity contribution in [3.05, 3.63) is 22.8 Å². The van der Waals surface area contributed by atoms with E-state index in [1.54, 1.807) is 5.57 Å². The van der Waals surface area contributed by atoms with E-state index in [0.29, 0.717) is 0 Å². The standard InChI is InChI=1S/C14H23N/c1-3-12-10-13(9-11(12)2)14(15)7-5-4-6-8-14/h10H,3-9,15H2,1-2H3. The highest BCUT2D eigenvalue weighted by Crippen LogP contribution is 2.39. The van der Waals surface area contributed by atoms with Gasteiger partial charge < -0.3 is 5.73 Å². The molecule has 0 atom stereocenters. The lowest BCUT2D eigenvalue weighted by molar-refractivity contribution is 0.338. The van der Waals surface area contributed by atoms with Crippen molar-refractivity contribution < 1.29 is 0 Å². The van der Waals surface area contributed by atoms with Crippen LogP contribution in [0.1, 0.15) is 58.8 Å². The average Bonchev–Trinajstić information content (AvgIpc) is 2.61. The molecule has 1 fully saturated rings. The Morgan fingerprint density at radius 1 is 1.27 bits per heavy atom. The van der Waals surface area contributed by atoms with Crippen LogP contribution in [0.25, 0.3) is 0 Å². The molecule has 0 aromatic carbocycles. The van der Waals surface area contributed by atoms with E-state index in [2.05, 4.69) is 19.9 Å². The van der Waals surface area contributed by atoms with Gasteiger partial charge in [-0.1, -0.05) is 37.8 Å². The van der Waals surface area contributed by atoms with Crippen molar-refractivity contribution in [2.24, 2.45) is 5.73 Å². The first-order valence-electron chi connectivity index (χ1n) is 6.34. The van der Waals surface area contributed by atoms with Gasteiger partial charge in [0.15, 0.2) is 0 Å². The fourth-order valence-corrected chi connectivity index (χ4v) is 3.01. The third kappa shape index (κ3) is 2.03. The number of allylic oxidation sites excluding steroid dienone is 3. The predicted molar refractivity (Wildman–Crippen MR) is 65.7 cm³/mol. The highest BCUT2D eigenvalue weighted by Gasteiger charge is 2.33. The smallest absolute Gasteiger partial charge is 0.0375 e. The van der Waals surface area contributed by atoms with E-state index in [1.807, 2.05) is 0 Å². The molecular weight excluding hydrogens is 182 g/mol. The molecular formula is C14H23N. The van der Waals surface area contributed by atoms with Gasteiger partial charge in [-0.2, -0.15) is 0 Å². The summed E-state index contributed by atoms with van der Waals surface area (Å²) in [6, 6.07) is 0. The maximum absolute atomic E-state index is 6.55. The fraction of sp³-hybridized carbons (Fsp3) is 0.714. The van der Waals surface area contributed by atoms with Gasteiger partial charge in [-0.3, -0.25) is 0 Å². The van der Waals surface area contributed by atoms with Crippen LogP contribution in [0.5, 0.6) is 0 Å². The highest BCUT2D eigenvalue weighted by molar-refractivity contribution is 5.42. The molecule has 2 rings (SSSR count). The minimum atomic E-state index is 0.0381. The molecule has 0 radical (unpaired) electrons. The Morgan fingerprint density at radius 2 is 1.93 bits per heavy atom. The van der Waals surface area contributed by atoms with Gasteiger partial charge in [0.05, 0.1) is 0 Å². The van der Waals surface area contributed by atoms with Crippen molar-refractivity contribution in [2.75, 3.05) is 0 Å². The first-order chi connectivity index (χ1) is 7.15. The Morgan fingerprint density at radius 3 is 2.47 bits per heavy atom. The molecule has 1 saturated carbocycles. The normalized spacial score (nSPS) is 25.7. The summed E-state index contributed by atoms with van der Waals surface area (Å²) in [6.07, 6.45) is 11.1. The van der Waals surface area contributed by atoms with E-state index >= 15 is 0 Å². The van der Waals surface area contributed by atoms with E-state index in [-0.39, 0.29) is 5.54 Å². The van der Waals surface area contributed by atoms with E-state index in [4.69, 9.17) is 5.73 Å². The molecule has 15 heavy (non-hydrogen) atoms. The zero-order valence-corrected chi connectivity index (χ0v) is 10.1. The molecule has 2 aliphatic carbocycles. The summed E-state index contributed by atoms with van der Waals surface area (Å²) >= 11 is 0. The number of rotatable bonds is 2. The topological polar surface area (TPSA) is 26.0 Å². The average molecular weight is 205 g/mol. The van der Waals surface area contributed by atoms with Crippen molar-refractivity contribution in [2.45, 2.75) is 64.3 Å². The molecule has 84 valence electrons. The number of hydrogen-bond acceptors (Lipinski definition) is 1. The zero-order chi connectivity index (χ0) is 10.9. The van der Waals surface area contributed by atoms with Gasteiger partial charge in [0.25, 0.3) is 0 Å². The second kappa shape index (κ2) is 4.13. The van der Waals surface area contributed by atoms with Crippen molar-refractivity contribution in [1.82, 2.24) is 0 Å². The van der Waals surface area contributed by atoms with Crippen LogP contribution in [-0.2, 0) is 0 Å². The third-order valence-electron chi connectivity index (χ3n) is 4.12. The molecule has 2 N–H and O–H groups in total. The van der Waals surface area contributed by atoms with Crippen LogP contribution in [0.3, 0.4) is 0 Å². The Hall–Kier alpha value is -0.560. The van der Waals surface area contributed by atoms with E-state index in [0.717, 1.165) is 12.8 Å². The monoisotopic (exact) mass is 205 g/mol. The molecule has 0 aromatic heterocycles. The van der Waals surface area contributed by atoms with Crippen molar-refractivity contribution in [1.29, 1.82) is 0 Å². The lowest BCUT2D eigenvalue weighted by atomic mass is 9.76. The minimum Gasteiger partial charge on any atom is -0.322 e. The lowest BCUT2D eigenvalue weighted by Crippen LogP contribution is -2.43.